The van der Waals surface area contributed by atoms with Crippen molar-refractivity contribution in [3.05, 3.63) is 29.8 Å². The molecule has 0 bridgehead atoms. The Labute approximate surface area is 125 Å². The quantitative estimate of drug-likeness (QED) is 0.365. The van der Waals surface area contributed by atoms with E-state index in [0.29, 0.717) is 0 Å². The first-order valence-electron chi connectivity index (χ1n) is 6.37. The number of nitrogens with one attached hydrogen (secondary N) is 1. The molecular formula is C14H14N2O6. The van der Waals surface area contributed by atoms with Gasteiger partial charge in [-0.15, -0.1) is 0 Å². The van der Waals surface area contributed by atoms with Crippen LogP contribution in [0.3, 0.4) is 0 Å². The summed E-state index contributed by atoms with van der Waals surface area (Å²) in [4.78, 5) is 35.1. The number of hydrogen-bond donors (Lipinski definition) is 2. The van der Waals surface area contributed by atoms with Crippen molar-refractivity contribution in [3.63, 3.8) is 0 Å². The van der Waals surface area contributed by atoms with Gasteiger partial charge < -0.3 is 14.6 Å². The van der Waals surface area contributed by atoms with Crippen LogP contribution in [-0.2, 0) is 19.1 Å². The van der Waals surface area contributed by atoms with E-state index >= 15 is 0 Å². The number of esters is 2. The van der Waals surface area contributed by atoms with Gasteiger partial charge in [-0.3, -0.25) is 14.4 Å². The van der Waals surface area contributed by atoms with Gasteiger partial charge in [0.2, 0.25) is 0 Å². The molecule has 0 atom stereocenters. The Kier molecular flexibility index (Phi) is 4.11. The Balaban J connectivity index is 2.01. The van der Waals surface area contributed by atoms with Crippen LogP contribution in [-0.4, -0.2) is 35.0 Å². The molecule has 1 aliphatic heterocycles. The number of nitrogens with zero attached hydrogens (tertiary/aromatic N) is 1. The van der Waals surface area contributed by atoms with Gasteiger partial charge in [-0.05, 0) is 12.1 Å². The number of rotatable bonds is 3. The third-order valence-electron chi connectivity index (χ3n) is 2.74. The molecule has 1 saturated heterocycles. The highest BCUT2D eigenvalue weighted by Crippen LogP contribution is 2.22. The molecule has 0 aliphatic carbocycles. The summed E-state index contributed by atoms with van der Waals surface area (Å²) in [5.41, 5.74) is 2.11. The summed E-state index contributed by atoms with van der Waals surface area (Å²) < 4.78 is 9.78. The van der Waals surface area contributed by atoms with Crippen LogP contribution in [0.1, 0.15) is 24.2 Å². The molecular weight excluding hydrogens is 292 g/mol. The van der Waals surface area contributed by atoms with Crippen LogP contribution >= 0.6 is 0 Å². The molecule has 1 amide bonds. The molecule has 8 heteroatoms. The number of amides is 1. The smallest absolute Gasteiger partial charge is 0.329 e. The zero-order valence-electron chi connectivity index (χ0n) is 11.9. The summed E-state index contributed by atoms with van der Waals surface area (Å²) in [7, 11) is 0. The Morgan fingerprint density at radius 1 is 1.27 bits per heavy atom. The fraction of sp³-hybridized carbons (Fsp3) is 0.286. The zero-order valence-corrected chi connectivity index (χ0v) is 11.9. The molecule has 0 saturated carbocycles. The molecule has 2 N–H and O–H groups in total. The Hall–Kier alpha value is -2.90. The average Bonchev–Trinajstić information content (AvgIpc) is 2.41. The monoisotopic (exact) mass is 306 g/mol. The Morgan fingerprint density at radius 2 is 1.86 bits per heavy atom. The number of hydrazone groups is 1. The van der Waals surface area contributed by atoms with Crippen molar-refractivity contribution in [2.24, 2.45) is 11.0 Å². The van der Waals surface area contributed by atoms with Gasteiger partial charge in [0.05, 0.1) is 11.8 Å². The maximum atomic E-state index is 11.8. The number of phenolic OH excluding ortho intramolecular Hbond substituents is 1. The number of benzene rings is 1. The molecule has 1 aromatic rings. The van der Waals surface area contributed by atoms with E-state index in [1.54, 1.807) is 12.1 Å². The van der Waals surface area contributed by atoms with Crippen LogP contribution in [0.2, 0.25) is 0 Å². The van der Waals surface area contributed by atoms with Gasteiger partial charge >= 0.3 is 11.9 Å². The molecule has 2 rings (SSSR count). The van der Waals surface area contributed by atoms with Crippen molar-refractivity contribution >= 4 is 24.1 Å². The molecule has 0 spiro atoms. The normalized spacial score (nSPS) is 17.9. The van der Waals surface area contributed by atoms with Gasteiger partial charge in [-0.1, -0.05) is 12.1 Å². The summed E-state index contributed by atoms with van der Waals surface area (Å²) in [5.74, 6) is -5.21. The number of cyclic esters (lactones) is 2. The molecule has 8 nitrogen and oxygen atoms in total. The van der Waals surface area contributed by atoms with E-state index in [-0.39, 0.29) is 11.3 Å². The SMILES string of the molecule is CC1(C)OC(=O)C(C=NNC(=O)c2ccccc2O)C(=O)O1. The van der Waals surface area contributed by atoms with Crippen LogP contribution in [0.15, 0.2) is 29.4 Å². The van der Waals surface area contributed by atoms with Gasteiger partial charge in [0.1, 0.15) is 5.75 Å². The van der Waals surface area contributed by atoms with E-state index < -0.39 is 29.6 Å². The molecule has 0 unspecified atom stereocenters. The molecule has 0 aromatic heterocycles. The summed E-state index contributed by atoms with van der Waals surface area (Å²) in [6.45, 7) is 2.85. The molecule has 1 aromatic carbocycles. The second-order valence-corrected chi connectivity index (χ2v) is 4.96. The predicted octanol–water partition coefficient (Wildman–Crippen LogP) is 0.560. The van der Waals surface area contributed by atoms with Crippen molar-refractivity contribution in [3.8, 4) is 5.75 Å². The van der Waals surface area contributed by atoms with E-state index in [0.717, 1.165) is 6.21 Å². The lowest BCUT2D eigenvalue weighted by molar-refractivity contribution is -0.235. The van der Waals surface area contributed by atoms with Gasteiger partial charge in [0.15, 0.2) is 5.92 Å². The topological polar surface area (TPSA) is 114 Å². The van der Waals surface area contributed by atoms with Crippen molar-refractivity contribution in [2.75, 3.05) is 0 Å². The second-order valence-electron chi connectivity index (χ2n) is 4.96. The first-order chi connectivity index (χ1) is 10.3. The minimum atomic E-state index is -1.35. The highest BCUT2D eigenvalue weighted by molar-refractivity contribution is 6.10. The lowest BCUT2D eigenvalue weighted by atomic mass is 10.1. The summed E-state index contributed by atoms with van der Waals surface area (Å²) in [6.07, 6.45) is 0.914. The van der Waals surface area contributed by atoms with E-state index in [4.69, 9.17) is 9.47 Å². The lowest BCUT2D eigenvalue weighted by Crippen LogP contribution is -2.47. The minimum absolute atomic E-state index is 0.00887. The number of para-hydroxylation sites is 1. The van der Waals surface area contributed by atoms with E-state index in [2.05, 4.69) is 10.5 Å². The maximum Gasteiger partial charge on any atom is 0.329 e. The fourth-order valence-corrected chi connectivity index (χ4v) is 1.75. The molecule has 116 valence electrons. The third kappa shape index (κ3) is 3.40. The Bertz CT molecular complexity index is 632. The van der Waals surface area contributed by atoms with E-state index in [9.17, 15) is 19.5 Å². The summed E-state index contributed by atoms with van der Waals surface area (Å²) >= 11 is 0. The number of carbonyl (C=O) groups excluding carboxylic acids is 3. The zero-order chi connectivity index (χ0) is 16.3. The molecule has 0 radical (unpaired) electrons. The number of carbonyl (C=O) groups is 3. The molecule has 22 heavy (non-hydrogen) atoms. The van der Waals surface area contributed by atoms with Crippen molar-refractivity contribution in [1.29, 1.82) is 0 Å². The molecule has 1 heterocycles. The summed E-state index contributed by atoms with van der Waals surface area (Å²) in [5, 5.41) is 13.0. The molecule has 1 aliphatic rings. The van der Waals surface area contributed by atoms with E-state index in [1.165, 1.54) is 26.0 Å². The number of phenols is 1. The van der Waals surface area contributed by atoms with Gasteiger partial charge in [-0.2, -0.15) is 5.10 Å². The van der Waals surface area contributed by atoms with Gasteiger partial charge in [0, 0.05) is 13.8 Å². The lowest BCUT2D eigenvalue weighted by Gasteiger charge is -2.31. The predicted molar refractivity (Wildman–Crippen MR) is 73.8 cm³/mol. The van der Waals surface area contributed by atoms with Gasteiger partial charge in [0.25, 0.3) is 11.7 Å². The van der Waals surface area contributed by atoms with Crippen LogP contribution < -0.4 is 5.43 Å². The van der Waals surface area contributed by atoms with Gasteiger partial charge in [-0.25, -0.2) is 5.43 Å². The van der Waals surface area contributed by atoms with Crippen LogP contribution in [0.4, 0.5) is 0 Å². The average molecular weight is 306 g/mol. The largest absolute Gasteiger partial charge is 0.507 e. The van der Waals surface area contributed by atoms with Crippen molar-refractivity contribution in [2.45, 2.75) is 19.6 Å². The van der Waals surface area contributed by atoms with Crippen molar-refractivity contribution in [1.82, 2.24) is 5.43 Å². The first kappa shape index (κ1) is 15.5. The highest BCUT2D eigenvalue weighted by Gasteiger charge is 2.42. The van der Waals surface area contributed by atoms with Crippen LogP contribution in [0.5, 0.6) is 5.75 Å². The number of ether oxygens (including phenoxy) is 2. The number of hydrogen-bond acceptors (Lipinski definition) is 7. The fourth-order valence-electron chi connectivity index (χ4n) is 1.75. The first-order valence-corrected chi connectivity index (χ1v) is 6.37. The minimum Gasteiger partial charge on any atom is -0.507 e. The molecule has 1 fully saturated rings. The Morgan fingerprint density at radius 3 is 2.45 bits per heavy atom. The van der Waals surface area contributed by atoms with Crippen molar-refractivity contribution < 1.29 is 29.0 Å². The maximum absolute atomic E-state index is 11.8. The second kappa shape index (κ2) is 5.84. The highest BCUT2D eigenvalue weighted by atomic mass is 16.7. The summed E-state index contributed by atoms with van der Waals surface area (Å²) in [6, 6.07) is 5.86. The van der Waals surface area contributed by atoms with E-state index in [1.807, 2.05) is 0 Å². The number of aromatic hydroxyl groups is 1. The third-order valence-corrected chi connectivity index (χ3v) is 2.74. The van der Waals surface area contributed by atoms with Crippen LogP contribution in [0, 0.1) is 5.92 Å². The standard InChI is InChI=1S/C14H14N2O6/c1-14(2)21-12(19)9(13(20)22-14)7-15-16-11(18)8-5-3-4-6-10(8)17/h3-7,9,17H,1-2H3,(H,16,18). The van der Waals surface area contributed by atoms with Crippen LogP contribution in [0.25, 0.3) is 0 Å².